The Kier molecular flexibility index (Phi) is 4.34. The molecular weight excluding hydrogens is 298 g/mol. The van der Waals surface area contributed by atoms with Crippen molar-refractivity contribution in [2.75, 3.05) is 17.7 Å². The third-order valence-electron chi connectivity index (χ3n) is 3.22. The Morgan fingerprint density at radius 2 is 2.32 bits per heavy atom. The number of nitrogens with zero attached hydrogens (tertiary/aromatic N) is 4. The predicted molar refractivity (Wildman–Crippen MR) is 89.6 cm³/mol. The second-order valence-corrected chi connectivity index (χ2v) is 5.74. The van der Waals surface area contributed by atoms with Gasteiger partial charge in [0.25, 0.3) is 0 Å². The van der Waals surface area contributed by atoms with Crippen molar-refractivity contribution in [3.05, 3.63) is 43.1 Å². The minimum Gasteiger partial charge on any atom is -0.286 e. The Bertz CT molecular complexity index is 740. The number of anilines is 1. The van der Waals surface area contributed by atoms with E-state index in [1.165, 1.54) is 11.8 Å². The van der Waals surface area contributed by atoms with Crippen molar-refractivity contribution in [3.8, 4) is 0 Å². The van der Waals surface area contributed by atoms with Crippen molar-refractivity contribution in [2.24, 2.45) is 5.10 Å². The van der Waals surface area contributed by atoms with Gasteiger partial charge in [-0.25, -0.2) is 0 Å². The van der Waals surface area contributed by atoms with E-state index < -0.39 is 0 Å². The quantitative estimate of drug-likeness (QED) is 0.693. The molecule has 1 aromatic carbocycles. The van der Waals surface area contributed by atoms with E-state index in [0.717, 1.165) is 16.5 Å². The summed E-state index contributed by atoms with van der Waals surface area (Å²) in [7, 11) is 0. The highest BCUT2D eigenvalue weighted by Crippen LogP contribution is 2.22. The average Bonchev–Trinajstić information content (AvgIpc) is 2.55. The summed E-state index contributed by atoms with van der Waals surface area (Å²) in [4.78, 5) is 13.6. The third kappa shape index (κ3) is 2.94. The van der Waals surface area contributed by atoms with Crippen LogP contribution in [0, 0.1) is 0 Å². The zero-order chi connectivity index (χ0) is 15.4. The van der Waals surface area contributed by atoms with Crippen molar-refractivity contribution < 1.29 is 4.79 Å². The molecule has 1 aliphatic rings. The first kappa shape index (κ1) is 14.5. The molecule has 1 saturated heterocycles. The summed E-state index contributed by atoms with van der Waals surface area (Å²) >= 11 is 1.54. The first-order valence-electron chi connectivity index (χ1n) is 6.88. The van der Waals surface area contributed by atoms with E-state index in [4.69, 9.17) is 0 Å². The van der Waals surface area contributed by atoms with Gasteiger partial charge >= 0.3 is 0 Å². The molecule has 3 rings (SSSR count). The molecule has 2 heterocycles. The number of rotatable bonds is 4. The number of fused-ring (bicyclic) bond motifs is 1. The molecule has 0 radical (unpaired) electrons. The van der Waals surface area contributed by atoms with Crippen LogP contribution in [0.1, 0.15) is 6.42 Å². The van der Waals surface area contributed by atoms with E-state index >= 15 is 0 Å². The van der Waals surface area contributed by atoms with E-state index in [1.807, 2.05) is 24.3 Å². The summed E-state index contributed by atoms with van der Waals surface area (Å²) in [5.74, 6) is 1.36. The Hall–Kier alpha value is -2.41. The molecule has 2 aromatic rings. The molecule has 0 saturated carbocycles. The number of aromatic nitrogens is 2. The first-order valence-corrected chi connectivity index (χ1v) is 7.86. The van der Waals surface area contributed by atoms with Crippen LogP contribution in [0.5, 0.6) is 0 Å². The fourth-order valence-corrected chi connectivity index (χ4v) is 3.06. The number of benzene rings is 1. The zero-order valence-corrected chi connectivity index (χ0v) is 12.7. The Morgan fingerprint density at radius 1 is 1.45 bits per heavy atom. The summed E-state index contributed by atoms with van der Waals surface area (Å²) in [6, 6.07) is 7.80. The highest BCUT2D eigenvalue weighted by Gasteiger charge is 2.24. The summed E-state index contributed by atoms with van der Waals surface area (Å²) in [5.41, 5.74) is 2.93. The summed E-state index contributed by atoms with van der Waals surface area (Å²) in [6.45, 7) is 4.13. The van der Waals surface area contributed by atoms with Gasteiger partial charge in [0.1, 0.15) is 0 Å². The number of hydrazone groups is 1. The average molecular weight is 313 g/mol. The lowest BCUT2D eigenvalue weighted by Gasteiger charge is -2.26. The van der Waals surface area contributed by atoms with Crippen LogP contribution < -0.4 is 5.43 Å². The highest BCUT2D eigenvalue weighted by atomic mass is 32.2. The maximum Gasteiger partial charge on any atom is 0.229 e. The molecule has 22 heavy (non-hydrogen) atoms. The number of nitrogens with one attached hydrogen (secondary N) is 1. The van der Waals surface area contributed by atoms with Crippen molar-refractivity contribution in [3.63, 3.8) is 0 Å². The van der Waals surface area contributed by atoms with E-state index in [1.54, 1.807) is 17.2 Å². The lowest BCUT2D eigenvalue weighted by Crippen LogP contribution is -2.39. The van der Waals surface area contributed by atoms with Gasteiger partial charge in [-0.3, -0.25) is 15.1 Å². The SMILES string of the molecule is C=CCN1C(=O)CCS/C1=N/Nc1nncc2ccccc12. The van der Waals surface area contributed by atoms with Gasteiger partial charge in [0.15, 0.2) is 11.0 Å². The van der Waals surface area contributed by atoms with Crippen LogP contribution >= 0.6 is 11.8 Å². The molecule has 0 unspecified atom stereocenters. The van der Waals surface area contributed by atoms with E-state index in [9.17, 15) is 4.79 Å². The van der Waals surface area contributed by atoms with Crippen molar-refractivity contribution in [1.29, 1.82) is 0 Å². The van der Waals surface area contributed by atoms with E-state index in [0.29, 0.717) is 24.0 Å². The molecule has 112 valence electrons. The standard InChI is InChI=1S/C15H15N5OS/c1-2-8-20-13(21)7-9-22-15(20)19-18-14-12-6-4-3-5-11(12)10-16-17-14/h2-6,10H,1,7-9H2,(H,17,18)/b19-15+. The lowest BCUT2D eigenvalue weighted by atomic mass is 10.2. The molecule has 0 aliphatic carbocycles. The largest absolute Gasteiger partial charge is 0.286 e. The van der Waals surface area contributed by atoms with E-state index in [2.05, 4.69) is 27.3 Å². The number of amidine groups is 1. The van der Waals surface area contributed by atoms with E-state index in [-0.39, 0.29) is 5.91 Å². The second kappa shape index (κ2) is 6.57. The second-order valence-electron chi connectivity index (χ2n) is 4.68. The number of thioether (sulfide) groups is 1. The molecule has 1 aromatic heterocycles. The number of carbonyl (C=O) groups excluding carboxylic acids is 1. The van der Waals surface area contributed by atoms with Gasteiger partial charge in [0.2, 0.25) is 5.91 Å². The predicted octanol–water partition coefficient (Wildman–Crippen LogP) is 2.46. The third-order valence-corrected chi connectivity index (χ3v) is 4.20. The molecule has 0 atom stereocenters. The fourth-order valence-electron chi connectivity index (χ4n) is 2.16. The maximum absolute atomic E-state index is 11.9. The molecule has 0 spiro atoms. The van der Waals surface area contributed by atoms with Gasteiger partial charge in [0.05, 0.1) is 6.20 Å². The molecule has 6 nitrogen and oxygen atoms in total. The number of amides is 1. The summed E-state index contributed by atoms with van der Waals surface area (Å²) < 4.78 is 0. The molecule has 7 heteroatoms. The molecular formula is C15H15N5OS. The van der Waals surface area contributed by atoms with Crippen LogP contribution in [0.3, 0.4) is 0 Å². The number of hydrogen-bond acceptors (Lipinski definition) is 6. The molecule has 0 bridgehead atoms. The molecule has 1 N–H and O–H groups in total. The molecule has 1 fully saturated rings. The van der Waals surface area contributed by atoms with Gasteiger partial charge < -0.3 is 0 Å². The van der Waals surface area contributed by atoms with Crippen LogP contribution in [-0.2, 0) is 4.79 Å². The number of hydrogen-bond donors (Lipinski definition) is 1. The van der Waals surface area contributed by atoms with Crippen LogP contribution in [0.2, 0.25) is 0 Å². The van der Waals surface area contributed by atoms with Crippen LogP contribution in [0.25, 0.3) is 10.8 Å². The number of carbonyl (C=O) groups is 1. The van der Waals surface area contributed by atoms with Gasteiger partial charge in [0, 0.05) is 29.5 Å². The minimum atomic E-state index is 0.0585. The van der Waals surface area contributed by atoms with Gasteiger partial charge in [-0.2, -0.15) is 5.10 Å². The van der Waals surface area contributed by atoms with Crippen LogP contribution in [0.4, 0.5) is 5.82 Å². The maximum atomic E-state index is 11.9. The highest BCUT2D eigenvalue weighted by molar-refractivity contribution is 8.13. The summed E-state index contributed by atoms with van der Waals surface area (Å²) in [5, 5.41) is 14.9. The Labute approximate surface area is 132 Å². The summed E-state index contributed by atoms with van der Waals surface area (Å²) in [6.07, 6.45) is 3.92. The van der Waals surface area contributed by atoms with Crippen molar-refractivity contribution >= 4 is 39.4 Å². The van der Waals surface area contributed by atoms with Crippen molar-refractivity contribution in [1.82, 2.24) is 15.1 Å². The first-order chi connectivity index (χ1) is 10.8. The molecule has 1 aliphatic heterocycles. The topological polar surface area (TPSA) is 70.5 Å². The Morgan fingerprint density at radius 3 is 3.18 bits per heavy atom. The fraction of sp³-hybridized carbons (Fsp3) is 0.200. The van der Waals surface area contributed by atoms with Gasteiger partial charge in [-0.05, 0) is 0 Å². The van der Waals surface area contributed by atoms with Gasteiger partial charge in [-0.1, -0.05) is 42.1 Å². The normalized spacial score (nSPS) is 17.0. The smallest absolute Gasteiger partial charge is 0.229 e. The minimum absolute atomic E-state index is 0.0585. The van der Waals surface area contributed by atoms with Gasteiger partial charge in [-0.15, -0.1) is 16.8 Å². The zero-order valence-electron chi connectivity index (χ0n) is 11.9. The van der Waals surface area contributed by atoms with Crippen molar-refractivity contribution in [2.45, 2.75) is 6.42 Å². The Balaban J connectivity index is 1.88. The monoisotopic (exact) mass is 313 g/mol. The van der Waals surface area contributed by atoms with Crippen LogP contribution in [0.15, 0.2) is 48.2 Å². The lowest BCUT2D eigenvalue weighted by molar-refractivity contribution is -0.126. The molecule has 1 amide bonds. The van der Waals surface area contributed by atoms with Crippen LogP contribution in [-0.4, -0.2) is 38.5 Å².